The number of phenolic OH excluding ortho intramolecular Hbond substituents is 1. The van der Waals surface area contributed by atoms with Crippen molar-refractivity contribution in [2.75, 3.05) is 11.9 Å². The second kappa shape index (κ2) is 13.6. The third-order valence-electron chi connectivity index (χ3n) is 8.34. The number of hydrogen-bond acceptors (Lipinski definition) is 5. The summed E-state index contributed by atoms with van der Waals surface area (Å²) in [6, 6.07) is 36.6. The molecule has 0 spiro atoms. The molecule has 1 aliphatic heterocycles. The van der Waals surface area contributed by atoms with Crippen LogP contribution in [0.5, 0.6) is 5.75 Å². The monoisotopic (exact) mass is 597 g/mol. The van der Waals surface area contributed by atoms with Crippen molar-refractivity contribution in [3.8, 4) is 5.75 Å². The van der Waals surface area contributed by atoms with Crippen molar-refractivity contribution in [2.45, 2.75) is 37.9 Å². The van der Waals surface area contributed by atoms with E-state index in [1.165, 1.54) is 28.5 Å². The highest BCUT2D eigenvalue weighted by Crippen LogP contribution is 2.27. The number of aliphatic imine (C=N–C) groups is 1. The zero-order valence-electron chi connectivity index (χ0n) is 24.8. The average Bonchev–Trinajstić information content (AvgIpc) is 3.53. The molecular formula is C38H35N3O4. The number of carbonyl (C=O) groups excluding carboxylic acids is 1. The number of carboxylic acids is 1. The average molecular weight is 598 g/mol. The van der Waals surface area contributed by atoms with Gasteiger partial charge in [0.2, 0.25) is 5.91 Å². The van der Waals surface area contributed by atoms with Crippen LogP contribution in [0.2, 0.25) is 0 Å². The van der Waals surface area contributed by atoms with Crippen LogP contribution in [0.15, 0.2) is 126 Å². The maximum absolute atomic E-state index is 13.9. The van der Waals surface area contributed by atoms with Gasteiger partial charge in [-0.15, -0.1) is 0 Å². The molecular weight excluding hydrogens is 562 g/mol. The number of amides is 1. The zero-order chi connectivity index (χ0) is 31.2. The fraction of sp³-hybridized carbons (Fsp3) is 0.184. The van der Waals surface area contributed by atoms with Gasteiger partial charge in [0.15, 0.2) is 6.04 Å². The van der Waals surface area contributed by atoms with Crippen molar-refractivity contribution in [1.82, 2.24) is 4.90 Å². The Kier molecular flexibility index (Phi) is 8.99. The van der Waals surface area contributed by atoms with Crippen molar-refractivity contribution in [1.29, 1.82) is 0 Å². The largest absolute Gasteiger partial charge is 0.508 e. The Labute approximate surface area is 262 Å². The molecule has 7 nitrogen and oxygen atoms in total. The van der Waals surface area contributed by atoms with Crippen LogP contribution in [-0.2, 0) is 22.6 Å². The molecule has 0 aromatic heterocycles. The number of para-hydroxylation sites is 1. The molecule has 2 atom stereocenters. The van der Waals surface area contributed by atoms with Crippen molar-refractivity contribution >= 4 is 34.0 Å². The maximum Gasteiger partial charge on any atom is 0.328 e. The number of carbonyl (C=O) groups is 2. The first-order valence-corrected chi connectivity index (χ1v) is 15.2. The Morgan fingerprint density at radius 2 is 1.56 bits per heavy atom. The summed E-state index contributed by atoms with van der Waals surface area (Å²) >= 11 is 0. The predicted octanol–water partition coefficient (Wildman–Crippen LogP) is 6.68. The Bertz CT molecular complexity index is 1830. The quantitative estimate of drug-likeness (QED) is 0.156. The van der Waals surface area contributed by atoms with Crippen molar-refractivity contribution < 1.29 is 19.8 Å². The van der Waals surface area contributed by atoms with Crippen molar-refractivity contribution in [3.05, 3.63) is 144 Å². The van der Waals surface area contributed by atoms with Gasteiger partial charge in [-0.25, -0.2) is 4.79 Å². The van der Waals surface area contributed by atoms with E-state index >= 15 is 0 Å². The number of benzene rings is 5. The highest BCUT2D eigenvalue weighted by atomic mass is 16.4. The summed E-state index contributed by atoms with van der Waals surface area (Å²) in [6.45, 7) is 1.51. The van der Waals surface area contributed by atoms with Gasteiger partial charge in [-0.05, 0) is 59.5 Å². The Morgan fingerprint density at radius 3 is 2.36 bits per heavy atom. The lowest BCUT2D eigenvalue weighted by Gasteiger charge is -2.25. The third kappa shape index (κ3) is 6.95. The summed E-state index contributed by atoms with van der Waals surface area (Å²) in [5, 5.41) is 25.4. The van der Waals surface area contributed by atoms with Gasteiger partial charge in [0.25, 0.3) is 0 Å². The van der Waals surface area contributed by atoms with Crippen LogP contribution in [0.25, 0.3) is 10.8 Å². The number of rotatable bonds is 10. The molecule has 1 amide bonds. The van der Waals surface area contributed by atoms with Crippen LogP contribution in [0.3, 0.4) is 0 Å². The molecule has 0 aliphatic carbocycles. The number of likely N-dealkylation sites (tertiary alicyclic amines) is 1. The van der Waals surface area contributed by atoms with Gasteiger partial charge in [-0.1, -0.05) is 103 Å². The number of nitrogens with zero attached hydrogens (tertiary/aromatic N) is 2. The molecule has 7 heteroatoms. The van der Waals surface area contributed by atoms with Crippen molar-refractivity contribution in [3.63, 3.8) is 0 Å². The van der Waals surface area contributed by atoms with E-state index in [4.69, 9.17) is 4.99 Å². The smallest absolute Gasteiger partial charge is 0.328 e. The van der Waals surface area contributed by atoms with Gasteiger partial charge in [0.1, 0.15) is 5.75 Å². The fourth-order valence-corrected chi connectivity index (χ4v) is 6.07. The molecule has 5 aromatic rings. The summed E-state index contributed by atoms with van der Waals surface area (Å²) < 4.78 is 0. The molecule has 0 radical (unpaired) electrons. The molecule has 1 heterocycles. The van der Waals surface area contributed by atoms with Crippen LogP contribution in [0, 0.1) is 0 Å². The number of phenols is 1. The highest BCUT2D eigenvalue weighted by molar-refractivity contribution is 6.17. The second-order valence-corrected chi connectivity index (χ2v) is 11.4. The molecule has 6 rings (SSSR count). The third-order valence-corrected chi connectivity index (χ3v) is 8.34. The first-order chi connectivity index (χ1) is 22.0. The lowest BCUT2D eigenvalue weighted by atomic mass is 9.98. The molecule has 1 aliphatic rings. The summed E-state index contributed by atoms with van der Waals surface area (Å²) in [5.41, 5.74) is 4.39. The number of fused-ring (bicyclic) bond motifs is 1. The molecule has 1 unspecified atom stereocenters. The van der Waals surface area contributed by atoms with E-state index in [1.54, 1.807) is 12.1 Å². The molecule has 1 saturated heterocycles. The van der Waals surface area contributed by atoms with Gasteiger partial charge in [-0.3, -0.25) is 14.7 Å². The van der Waals surface area contributed by atoms with E-state index in [0.29, 0.717) is 23.5 Å². The van der Waals surface area contributed by atoms with Crippen LogP contribution >= 0.6 is 0 Å². The number of hydrogen-bond donors (Lipinski definition) is 3. The molecule has 45 heavy (non-hydrogen) atoms. The van der Waals surface area contributed by atoms with Gasteiger partial charge in [-0.2, -0.15) is 0 Å². The normalized spacial score (nSPS) is 16.0. The second-order valence-electron chi connectivity index (χ2n) is 11.4. The zero-order valence-corrected chi connectivity index (χ0v) is 24.8. The minimum Gasteiger partial charge on any atom is -0.508 e. The summed E-state index contributed by atoms with van der Waals surface area (Å²) in [4.78, 5) is 33.4. The number of nitrogens with one attached hydrogen (secondary N) is 1. The van der Waals surface area contributed by atoms with Crippen LogP contribution in [0.4, 0.5) is 5.69 Å². The number of aliphatic carboxylic acids is 1. The van der Waals surface area contributed by atoms with E-state index in [1.807, 2.05) is 66.7 Å². The lowest BCUT2D eigenvalue weighted by Crippen LogP contribution is -2.39. The minimum atomic E-state index is -1.08. The summed E-state index contributed by atoms with van der Waals surface area (Å²) in [6.07, 6.45) is 1.83. The molecule has 226 valence electrons. The van der Waals surface area contributed by atoms with E-state index in [-0.39, 0.29) is 24.1 Å². The highest BCUT2D eigenvalue weighted by Gasteiger charge is 2.31. The molecule has 5 aromatic carbocycles. The number of carboxylic acid groups (broad SMARTS) is 1. The Balaban J connectivity index is 1.29. The molecule has 3 N–H and O–H groups in total. The van der Waals surface area contributed by atoms with Gasteiger partial charge in [0.05, 0.1) is 17.4 Å². The van der Waals surface area contributed by atoms with Crippen LogP contribution in [-0.4, -0.2) is 51.3 Å². The van der Waals surface area contributed by atoms with Crippen LogP contribution < -0.4 is 5.32 Å². The SMILES string of the molecule is O=C(O)C(Cc1ccc(O)cc1)N=C(c1ccccc1)c1ccccc1NC(=O)[C@@H]1CCCN1Cc1cccc2ccccc12. The van der Waals surface area contributed by atoms with Gasteiger partial charge >= 0.3 is 5.97 Å². The maximum atomic E-state index is 13.9. The van der Waals surface area contributed by atoms with Gasteiger partial charge in [0, 0.05) is 24.1 Å². The van der Waals surface area contributed by atoms with E-state index in [2.05, 4.69) is 40.5 Å². The lowest BCUT2D eigenvalue weighted by molar-refractivity contribution is -0.138. The standard InChI is InChI=1S/C38H35N3O4/c42-30-21-19-26(20-22-30)24-34(38(44)45)39-36(28-11-2-1-3-12-28)32-16-6-7-17-33(32)40-37(43)35-18-9-23-41(35)25-29-14-8-13-27-10-4-5-15-31(27)29/h1-8,10-17,19-22,34-35,42H,9,18,23-25H2,(H,40,43)(H,44,45)/t34?,35-/m0/s1. The Hall–Kier alpha value is -5.27. The minimum absolute atomic E-state index is 0.0912. The molecule has 0 bridgehead atoms. The Morgan fingerprint density at radius 1 is 0.844 bits per heavy atom. The van der Waals surface area contributed by atoms with E-state index in [9.17, 15) is 19.8 Å². The van der Waals surface area contributed by atoms with E-state index in [0.717, 1.165) is 30.5 Å². The molecule has 0 saturated carbocycles. The summed E-state index contributed by atoms with van der Waals surface area (Å²) in [7, 11) is 0. The number of anilines is 1. The van der Waals surface area contributed by atoms with Crippen molar-refractivity contribution in [2.24, 2.45) is 4.99 Å². The number of aromatic hydroxyl groups is 1. The molecule has 1 fully saturated rings. The topological polar surface area (TPSA) is 102 Å². The predicted molar refractivity (Wildman–Crippen MR) is 178 cm³/mol. The van der Waals surface area contributed by atoms with Gasteiger partial charge < -0.3 is 15.5 Å². The first kappa shape index (κ1) is 29.8. The van der Waals surface area contributed by atoms with E-state index < -0.39 is 12.0 Å². The van der Waals surface area contributed by atoms with Crippen LogP contribution in [0.1, 0.15) is 35.1 Å². The fourth-order valence-electron chi connectivity index (χ4n) is 6.07. The summed E-state index contributed by atoms with van der Waals surface area (Å²) in [5.74, 6) is -1.04. The first-order valence-electron chi connectivity index (χ1n) is 15.2.